The highest BCUT2D eigenvalue weighted by molar-refractivity contribution is 6.06. The maximum absolute atomic E-state index is 13.5. The normalized spacial score (nSPS) is 17.5. The van der Waals surface area contributed by atoms with Crippen molar-refractivity contribution < 1.29 is 9.53 Å². The minimum Gasteiger partial charge on any atom is -0.497 e. The van der Waals surface area contributed by atoms with Gasteiger partial charge in [-0.05, 0) is 48.7 Å². The number of fused-ring (bicyclic) bond motifs is 1. The van der Waals surface area contributed by atoms with E-state index in [9.17, 15) is 4.79 Å². The van der Waals surface area contributed by atoms with E-state index >= 15 is 0 Å². The predicted molar refractivity (Wildman–Crippen MR) is 107 cm³/mol. The molecule has 1 amide bonds. The molecule has 0 bridgehead atoms. The number of likely N-dealkylation sites (tertiary alicyclic amines) is 1. The van der Waals surface area contributed by atoms with E-state index in [1.165, 1.54) is 5.56 Å². The molecule has 3 aromatic rings. The van der Waals surface area contributed by atoms with Crippen LogP contribution < -0.4 is 4.74 Å². The molecule has 2 heterocycles. The van der Waals surface area contributed by atoms with Crippen molar-refractivity contribution in [3.63, 3.8) is 0 Å². The van der Waals surface area contributed by atoms with Gasteiger partial charge in [0, 0.05) is 23.7 Å². The minimum atomic E-state index is 0.0938. The highest BCUT2D eigenvalue weighted by Crippen LogP contribution is 2.33. The lowest BCUT2D eigenvalue weighted by molar-refractivity contribution is 0.0683. The molecule has 1 unspecified atom stereocenters. The second kappa shape index (κ2) is 7.78. The van der Waals surface area contributed by atoms with E-state index < -0.39 is 0 Å². The summed E-state index contributed by atoms with van der Waals surface area (Å²) in [6, 6.07) is 17.9. The van der Waals surface area contributed by atoms with E-state index in [4.69, 9.17) is 4.74 Å². The SMILES string of the molecule is COc1ccc(C2CCCCCN2C(=O)c2cccc3ncccc23)cc1. The van der Waals surface area contributed by atoms with Crippen LogP contribution in [-0.2, 0) is 0 Å². The summed E-state index contributed by atoms with van der Waals surface area (Å²) >= 11 is 0. The Morgan fingerprint density at radius 1 is 1.04 bits per heavy atom. The van der Waals surface area contributed by atoms with Crippen LogP contribution in [0.4, 0.5) is 0 Å². The third kappa shape index (κ3) is 3.52. The van der Waals surface area contributed by atoms with Crippen molar-refractivity contribution in [2.24, 2.45) is 0 Å². The van der Waals surface area contributed by atoms with Crippen molar-refractivity contribution >= 4 is 16.8 Å². The standard InChI is InChI=1S/C23H24N2O2/c1-27-18-13-11-17(12-14-18)22-10-3-2-4-16-25(22)23(26)20-7-5-9-21-19(20)8-6-15-24-21/h5-9,11-15,22H,2-4,10,16H2,1H3. The Kier molecular flexibility index (Phi) is 5.05. The number of aromatic nitrogens is 1. The van der Waals surface area contributed by atoms with Crippen molar-refractivity contribution in [3.8, 4) is 5.75 Å². The first kappa shape index (κ1) is 17.5. The van der Waals surface area contributed by atoms with E-state index in [2.05, 4.69) is 22.0 Å². The molecular formula is C23H24N2O2. The zero-order valence-electron chi connectivity index (χ0n) is 15.6. The van der Waals surface area contributed by atoms with Crippen LogP contribution in [0, 0.1) is 0 Å². The van der Waals surface area contributed by atoms with Crippen molar-refractivity contribution in [1.29, 1.82) is 0 Å². The van der Waals surface area contributed by atoms with Gasteiger partial charge in [0.05, 0.1) is 18.7 Å². The van der Waals surface area contributed by atoms with Crippen LogP contribution in [0.5, 0.6) is 5.75 Å². The van der Waals surface area contributed by atoms with Gasteiger partial charge in [0.2, 0.25) is 0 Å². The van der Waals surface area contributed by atoms with Gasteiger partial charge in [0.25, 0.3) is 5.91 Å². The monoisotopic (exact) mass is 360 g/mol. The van der Waals surface area contributed by atoms with E-state index in [-0.39, 0.29) is 11.9 Å². The molecule has 2 aromatic carbocycles. The van der Waals surface area contributed by atoms with Gasteiger partial charge in [0.15, 0.2) is 0 Å². The molecule has 4 heteroatoms. The lowest BCUT2D eigenvalue weighted by atomic mass is 9.99. The average Bonchev–Trinajstić information content (AvgIpc) is 2.99. The van der Waals surface area contributed by atoms with Crippen LogP contribution in [0.2, 0.25) is 0 Å². The molecule has 0 spiro atoms. The summed E-state index contributed by atoms with van der Waals surface area (Å²) in [6.07, 6.45) is 6.09. The number of ether oxygens (including phenoxy) is 1. The molecular weight excluding hydrogens is 336 g/mol. The van der Waals surface area contributed by atoms with Gasteiger partial charge in [0.1, 0.15) is 5.75 Å². The Hall–Kier alpha value is -2.88. The predicted octanol–water partition coefficient (Wildman–Crippen LogP) is 5.00. The number of hydrogen-bond donors (Lipinski definition) is 0. The summed E-state index contributed by atoms with van der Waals surface area (Å²) in [5, 5.41) is 0.919. The van der Waals surface area contributed by atoms with Gasteiger partial charge >= 0.3 is 0 Å². The van der Waals surface area contributed by atoms with E-state index in [0.29, 0.717) is 0 Å². The van der Waals surface area contributed by atoms with Crippen molar-refractivity contribution in [2.75, 3.05) is 13.7 Å². The number of pyridine rings is 1. The fourth-order valence-electron chi connectivity index (χ4n) is 3.97. The highest BCUT2D eigenvalue weighted by atomic mass is 16.5. The molecule has 4 nitrogen and oxygen atoms in total. The number of nitrogens with zero attached hydrogens (tertiary/aromatic N) is 2. The first-order valence-electron chi connectivity index (χ1n) is 9.56. The quantitative estimate of drug-likeness (QED) is 0.660. The Labute approximate surface area is 159 Å². The summed E-state index contributed by atoms with van der Waals surface area (Å²) in [6.45, 7) is 0.784. The molecule has 0 radical (unpaired) electrons. The Morgan fingerprint density at radius 2 is 1.89 bits per heavy atom. The van der Waals surface area contributed by atoms with Gasteiger partial charge in [-0.2, -0.15) is 0 Å². The van der Waals surface area contributed by atoms with E-state index in [1.54, 1.807) is 13.3 Å². The Bertz CT molecular complexity index is 931. The summed E-state index contributed by atoms with van der Waals surface area (Å²) < 4.78 is 5.29. The molecule has 0 saturated carbocycles. The number of amides is 1. The molecule has 0 aliphatic carbocycles. The summed E-state index contributed by atoms with van der Waals surface area (Å²) in [4.78, 5) is 20.0. The zero-order chi connectivity index (χ0) is 18.6. The fraction of sp³-hybridized carbons (Fsp3) is 0.304. The van der Waals surface area contributed by atoms with Crippen LogP contribution in [0.1, 0.15) is 47.6 Å². The fourth-order valence-corrected chi connectivity index (χ4v) is 3.97. The number of carbonyl (C=O) groups is 1. The molecule has 27 heavy (non-hydrogen) atoms. The average molecular weight is 360 g/mol. The number of methoxy groups -OCH3 is 1. The Morgan fingerprint density at radius 3 is 2.70 bits per heavy atom. The third-order valence-electron chi connectivity index (χ3n) is 5.39. The van der Waals surface area contributed by atoms with E-state index in [0.717, 1.165) is 54.4 Å². The molecule has 1 atom stereocenters. The van der Waals surface area contributed by atoms with Crippen molar-refractivity contribution in [3.05, 3.63) is 71.9 Å². The minimum absolute atomic E-state index is 0.0938. The van der Waals surface area contributed by atoms with Crippen LogP contribution in [0.3, 0.4) is 0 Å². The topological polar surface area (TPSA) is 42.4 Å². The first-order chi connectivity index (χ1) is 13.3. The molecule has 0 N–H and O–H groups in total. The lowest BCUT2D eigenvalue weighted by Crippen LogP contribution is -2.35. The molecule has 1 fully saturated rings. The maximum Gasteiger partial charge on any atom is 0.255 e. The summed E-state index contributed by atoms with van der Waals surface area (Å²) in [5.74, 6) is 0.932. The number of hydrogen-bond acceptors (Lipinski definition) is 3. The van der Waals surface area contributed by atoms with Crippen LogP contribution in [0.25, 0.3) is 10.9 Å². The molecule has 1 saturated heterocycles. The van der Waals surface area contributed by atoms with Crippen molar-refractivity contribution in [2.45, 2.75) is 31.7 Å². The maximum atomic E-state index is 13.5. The molecule has 1 aliphatic rings. The lowest BCUT2D eigenvalue weighted by Gasteiger charge is -2.31. The molecule has 4 rings (SSSR count). The molecule has 1 aliphatic heterocycles. The van der Waals surface area contributed by atoms with Gasteiger partial charge < -0.3 is 9.64 Å². The van der Waals surface area contributed by atoms with E-state index in [1.807, 2.05) is 42.5 Å². The number of carbonyl (C=O) groups excluding carboxylic acids is 1. The second-order valence-corrected chi connectivity index (χ2v) is 7.01. The van der Waals surface area contributed by atoms with Crippen LogP contribution in [-0.4, -0.2) is 29.4 Å². The summed E-state index contributed by atoms with van der Waals surface area (Å²) in [5.41, 5.74) is 2.77. The van der Waals surface area contributed by atoms with Gasteiger partial charge in [-0.1, -0.05) is 37.1 Å². The molecule has 138 valence electrons. The second-order valence-electron chi connectivity index (χ2n) is 7.01. The van der Waals surface area contributed by atoms with Crippen LogP contribution in [0.15, 0.2) is 60.8 Å². The largest absolute Gasteiger partial charge is 0.497 e. The van der Waals surface area contributed by atoms with Crippen molar-refractivity contribution in [1.82, 2.24) is 9.88 Å². The van der Waals surface area contributed by atoms with Gasteiger partial charge in [-0.3, -0.25) is 9.78 Å². The first-order valence-corrected chi connectivity index (χ1v) is 9.56. The van der Waals surface area contributed by atoms with Crippen LogP contribution >= 0.6 is 0 Å². The highest BCUT2D eigenvalue weighted by Gasteiger charge is 2.28. The van der Waals surface area contributed by atoms with Gasteiger partial charge in [-0.25, -0.2) is 0 Å². The smallest absolute Gasteiger partial charge is 0.255 e. The summed E-state index contributed by atoms with van der Waals surface area (Å²) in [7, 11) is 1.67. The van der Waals surface area contributed by atoms with Gasteiger partial charge in [-0.15, -0.1) is 0 Å². The Balaban J connectivity index is 1.72. The third-order valence-corrected chi connectivity index (χ3v) is 5.39. The molecule has 1 aromatic heterocycles. The number of rotatable bonds is 3. The zero-order valence-corrected chi connectivity index (χ0v) is 15.6. The number of benzene rings is 2.